The van der Waals surface area contributed by atoms with Crippen molar-refractivity contribution in [2.45, 2.75) is 25.1 Å². The lowest BCUT2D eigenvalue weighted by Gasteiger charge is -2.21. The zero-order valence-corrected chi connectivity index (χ0v) is 16.8. The van der Waals surface area contributed by atoms with Crippen LogP contribution in [-0.2, 0) is 11.0 Å². The van der Waals surface area contributed by atoms with Crippen molar-refractivity contribution in [2.75, 3.05) is 17.6 Å². The lowest BCUT2D eigenvalue weighted by atomic mass is 10.1. The number of carbonyl (C=O) groups excluding carboxylic acids is 2. The monoisotopic (exact) mass is 450 g/mol. The molecule has 8 nitrogen and oxygen atoms in total. The van der Waals surface area contributed by atoms with Crippen LogP contribution < -0.4 is 16.8 Å². The number of anilines is 2. The smallest absolute Gasteiger partial charge is 0.383 e. The molecule has 1 aliphatic rings. The lowest BCUT2D eigenvalue weighted by Crippen LogP contribution is -2.45. The summed E-state index contributed by atoms with van der Waals surface area (Å²) in [5, 5.41) is 2.97. The topological polar surface area (TPSA) is 127 Å². The second-order valence-corrected chi connectivity index (χ2v) is 8.07. The molecular formula is C19H17F3N6O2S. The number of thiazole rings is 1. The van der Waals surface area contributed by atoms with Gasteiger partial charge in [0.25, 0.3) is 0 Å². The number of nitrogens with two attached hydrogens (primary N) is 2. The molecule has 1 aliphatic heterocycles. The third-order valence-electron chi connectivity index (χ3n) is 5.00. The van der Waals surface area contributed by atoms with Gasteiger partial charge in [0.2, 0.25) is 5.91 Å². The Morgan fingerprint density at radius 3 is 2.71 bits per heavy atom. The first-order valence-corrected chi connectivity index (χ1v) is 10.1. The van der Waals surface area contributed by atoms with Gasteiger partial charge in [0.1, 0.15) is 11.9 Å². The van der Waals surface area contributed by atoms with E-state index >= 15 is 0 Å². The number of hydrogen-bond acceptors (Lipinski definition) is 6. The number of pyridine rings is 1. The summed E-state index contributed by atoms with van der Waals surface area (Å²) in [5.41, 5.74) is 11.0. The maximum atomic E-state index is 13.1. The normalized spacial score (nSPS) is 16.6. The summed E-state index contributed by atoms with van der Waals surface area (Å²) < 4.78 is 40.0. The summed E-state index contributed by atoms with van der Waals surface area (Å²) in [6.45, 7) is 0.417. The predicted octanol–water partition coefficient (Wildman–Crippen LogP) is 3.44. The third-order valence-corrected chi connectivity index (χ3v) is 5.94. The second kappa shape index (κ2) is 7.69. The zero-order valence-electron chi connectivity index (χ0n) is 15.9. The minimum atomic E-state index is -4.61. The molecule has 1 aromatic carbocycles. The highest BCUT2D eigenvalue weighted by molar-refractivity contribution is 7.22. The highest BCUT2D eigenvalue weighted by atomic mass is 32.1. The molecule has 2 aromatic heterocycles. The molecule has 1 fully saturated rings. The minimum Gasteiger partial charge on any atom is -0.383 e. The number of likely N-dealkylation sites (tertiary alicyclic amines) is 1. The molecule has 12 heteroatoms. The minimum absolute atomic E-state index is 0.253. The largest absolute Gasteiger partial charge is 0.419 e. The molecular weight excluding hydrogens is 433 g/mol. The highest BCUT2D eigenvalue weighted by Gasteiger charge is 2.34. The van der Waals surface area contributed by atoms with Crippen LogP contribution in [0.4, 0.5) is 28.9 Å². The van der Waals surface area contributed by atoms with E-state index in [1.54, 1.807) is 18.2 Å². The summed E-state index contributed by atoms with van der Waals surface area (Å²) in [6, 6.07) is 4.75. The van der Waals surface area contributed by atoms with Crippen molar-refractivity contribution in [1.82, 2.24) is 14.9 Å². The number of rotatable bonds is 3. The molecule has 3 amide bonds. The van der Waals surface area contributed by atoms with E-state index in [9.17, 15) is 22.8 Å². The summed E-state index contributed by atoms with van der Waals surface area (Å²) in [6.07, 6.45) is -2.15. The van der Waals surface area contributed by atoms with E-state index in [0.29, 0.717) is 40.3 Å². The number of hydrogen-bond donors (Lipinski definition) is 3. The van der Waals surface area contributed by atoms with E-state index in [1.807, 2.05) is 0 Å². The summed E-state index contributed by atoms with van der Waals surface area (Å²) in [7, 11) is 0. The Hall–Kier alpha value is -3.41. The van der Waals surface area contributed by atoms with Crippen LogP contribution in [0.1, 0.15) is 18.4 Å². The predicted molar refractivity (Wildman–Crippen MR) is 110 cm³/mol. The number of amides is 3. The van der Waals surface area contributed by atoms with Gasteiger partial charge in [-0.2, -0.15) is 13.2 Å². The first-order chi connectivity index (χ1) is 14.6. The summed E-state index contributed by atoms with van der Waals surface area (Å²) in [4.78, 5) is 33.4. The first kappa shape index (κ1) is 20.8. The molecule has 3 aromatic rings. The fourth-order valence-electron chi connectivity index (χ4n) is 3.49. The molecule has 0 radical (unpaired) electrons. The van der Waals surface area contributed by atoms with Crippen molar-refractivity contribution in [2.24, 2.45) is 5.73 Å². The number of fused-ring (bicyclic) bond motifs is 1. The van der Waals surface area contributed by atoms with E-state index in [2.05, 4.69) is 15.3 Å². The van der Waals surface area contributed by atoms with Gasteiger partial charge in [-0.3, -0.25) is 10.1 Å². The van der Waals surface area contributed by atoms with E-state index in [-0.39, 0.29) is 5.56 Å². The van der Waals surface area contributed by atoms with Crippen LogP contribution >= 0.6 is 11.3 Å². The number of nitrogens with one attached hydrogen (secondary N) is 1. The number of halogens is 3. The van der Waals surface area contributed by atoms with Crippen molar-refractivity contribution < 1.29 is 22.8 Å². The van der Waals surface area contributed by atoms with Crippen LogP contribution in [0.15, 0.2) is 30.5 Å². The summed E-state index contributed by atoms with van der Waals surface area (Å²) >= 11 is 1.16. The average molecular weight is 450 g/mol. The van der Waals surface area contributed by atoms with E-state index in [0.717, 1.165) is 17.4 Å². The van der Waals surface area contributed by atoms with Gasteiger partial charge in [0.05, 0.1) is 15.8 Å². The van der Waals surface area contributed by atoms with Crippen molar-refractivity contribution in [3.8, 4) is 11.1 Å². The molecule has 4 rings (SSSR count). The van der Waals surface area contributed by atoms with Crippen LogP contribution in [0.2, 0.25) is 0 Å². The number of aromatic nitrogens is 2. The molecule has 0 bridgehead atoms. The molecule has 0 unspecified atom stereocenters. The van der Waals surface area contributed by atoms with Crippen molar-refractivity contribution in [1.29, 1.82) is 0 Å². The van der Waals surface area contributed by atoms with Gasteiger partial charge in [-0.15, -0.1) is 0 Å². The van der Waals surface area contributed by atoms with E-state index < -0.39 is 35.5 Å². The van der Waals surface area contributed by atoms with Gasteiger partial charge in [0.15, 0.2) is 5.13 Å². The third kappa shape index (κ3) is 4.10. The fourth-order valence-corrected chi connectivity index (χ4v) is 4.38. The van der Waals surface area contributed by atoms with Gasteiger partial charge < -0.3 is 16.4 Å². The number of primary amides is 1. The molecule has 5 N–H and O–H groups in total. The zero-order chi connectivity index (χ0) is 22.3. The maximum absolute atomic E-state index is 13.1. The van der Waals surface area contributed by atoms with Crippen LogP contribution in [0.5, 0.6) is 0 Å². The quantitative estimate of drug-likeness (QED) is 0.563. The molecule has 0 saturated carbocycles. The molecule has 31 heavy (non-hydrogen) atoms. The lowest BCUT2D eigenvalue weighted by molar-refractivity contribution is -0.137. The molecule has 0 aliphatic carbocycles. The SMILES string of the molecule is NC(=O)[C@@H]1CCCN1C(=O)Nc1nc2ccc(-c3cnc(N)c(C(F)(F)F)c3)cc2s1. The van der Waals surface area contributed by atoms with Gasteiger partial charge >= 0.3 is 12.2 Å². The first-order valence-electron chi connectivity index (χ1n) is 9.24. The number of nitrogens with zero attached hydrogens (tertiary/aromatic N) is 3. The molecule has 3 heterocycles. The van der Waals surface area contributed by atoms with Crippen molar-refractivity contribution >= 4 is 44.4 Å². The second-order valence-electron chi connectivity index (χ2n) is 7.04. The number of carbonyl (C=O) groups is 2. The molecule has 162 valence electrons. The average Bonchev–Trinajstić information content (AvgIpc) is 3.33. The van der Waals surface area contributed by atoms with Crippen molar-refractivity contribution in [3.63, 3.8) is 0 Å². The van der Waals surface area contributed by atoms with E-state index in [1.165, 1.54) is 11.1 Å². The van der Waals surface area contributed by atoms with Crippen LogP contribution in [0, 0.1) is 0 Å². The molecule has 0 spiro atoms. The van der Waals surface area contributed by atoms with Crippen LogP contribution in [0.25, 0.3) is 21.3 Å². The van der Waals surface area contributed by atoms with Gasteiger partial charge in [-0.05, 0) is 36.6 Å². The highest BCUT2D eigenvalue weighted by Crippen LogP contribution is 2.36. The van der Waals surface area contributed by atoms with Crippen LogP contribution in [-0.4, -0.2) is 39.4 Å². The Kier molecular flexibility index (Phi) is 5.17. The van der Waals surface area contributed by atoms with Crippen LogP contribution in [0.3, 0.4) is 0 Å². The number of benzene rings is 1. The Balaban J connectivity index is 1.59. The Morgan fingerprint density at radius 1 is 1.23 bits per heavy atom. The number of alkyl halides is 3. The Labute approximate surface area is 178 Å². The van der Waals surface area contributed by atoms with Gasteiger partial charge in [0, 0.05) is 18.3 Å². The standard InChI is InChI=1S/C19H17F3N6O2S/c20-19(21,22)11-6-10(8-25-15(11)23)9-3-4-12-14(7-9)31-17(26-12)27-18(30)28-5-1-2-13(28)16(24)29/h3-4,6-8,13H,1-2,5H2,(H2,23,25)(H2,24,29)(H,26,27,30)/t13-/m0/s1. The fraction of sp³-hybridized carbons (Fsp3) is 0.263. The van der Waals surface area contributed by atoms with Crippen molar-refractivity contribution in [3.05, 3.63) is 36.0 Å². The molecule has 1 atom stereocenters. The van der Waals surface area contributed by atoms with E-state index in [4.69, 9.17) is 11.5 Å². The maximum Gasteiger partial charge on any atom is 0.419 e. The Morgan fingerprint density at radius 2 is 2.00 bits per heavy atom. The Bertz CT molecular complexity index is 1180. The van der Waals surface area contributed by atoms with Gasteiger partial charge in [-0.1, -0.05) is 17.4 Å². The van der Waals surface area contributed by atoms with Gasteiger partial charge in [-0.25, -0.2) is 14.8 Å². The summed E-state index contributed by atoms with van der Waals surface area (Å²) in [5.74, 6) is -1.15. The number of nitrogen functional groups attached to an aromatic ring is 1. The number of urea groups is 1. The molecule has 1 saturated heterocycles.